The van der Waals surface area contributed by atoms with Crippen LogP contribution in [0.15, 0.2) is 18.2 Å². The maximum absolute atomic E-state index is 12.7. The molecule has 0 amide bonds. The molecule has 22 heavy (non-hydrogen) atoms. The Kier molecular flexibility index (Phi) is 7.54. The second-order valence-corrected chi connectivity index (χ2v) is 6.47. The average molecular weight is 326 g/mol. The molecule has 0 atom stereocenters. The third-order valence-corrected chi connectivity index (χ3v) is 4.14. The second kappa shape index (κ2) is 8.66. The molecular weight excluding hydrogens is 298 g/mol. The molecule has 1 fully saturated rings. The summed E-state index contributed by atoms with van der Waals surface area (Å²) in [6.07, 6.45) is 0. The lowest BCUT2D eigenvalue weighted by Crippen LogP contribution is -2.39. The van der Waals surface area contributed by atoms with E-state index in [9.17, 15) is 4.79 Å². The summed E-state index contributed by atoms with van der Waals surface area (Å²) in [6, 6.07) is 6.39. The largest absolute Gasteiger partial charge is 0.379 e. The topological polar surface area (TPSA) is 29.5 Å². The van der Waals surface area contributed by atoms with Crippen molar-refractivity contribution >= 4 is 18.2 Å². The van der Waals surface area contributed by atoms with E-state index in [1.54, 1.807) is 0 Å². The predicted octanol–water partition coefficient (Wildman–Crippen LogP) is 3.87. The molecular formula is C18H28ClNO2. The van der Waals surface area contributed by atoms with Crippen molar-refractivity contribution in [3.05, 3.63) is 34.9 Å². The van der Waals surface area contributed by atoms with Crippen LogP contribution >= 0.6 is 12.4 Å². The highest BCUT2D eigenvalue weighted by atomic mass is 35.5. The summed E-state index contributed by atoms with van der Waals surface area (Å²) in [4.78, 5) is 14.9. The Morgan fingerprint density at radius 2 is 1.77 bits per heavy atom. The van der Waals surface area contributed by atoms with Crippen LogP contribution in [0.25, 0.3) is 0 Å². The van der Waals surface area contributed by atoms with Crippen LogP contribution in [0, 0.1) is 0 Å². The SMILES string of the molecule is CC(C)c1ccc(C(C)C)c(C(=O)CN2CCOCC2)c1.Cl. The summed E-state index contributed by atoms with van der Waals surface area (Å²) < 4.78 is 5.35. The van der Waals surface area contributed by atoms with E-state index in [1.807, 2.05) is 0 Å². The lowest BCUT2D eigenvalue weighted by atomic mass is 9.90. The van der Waals surface area contributed by atoms with Crippen molar-refractivity contribution in [1.82, 2.24) is 4.90 Å². The van der Waals surface area contributed by atoms with Gasteiger partial charge in [-0.15, -0.1) is 12.4 Å². The van der Waals surface area contributed by atoms with Gasteiger partial charge >= 0.3 is 0 Å². The molecule has 0 N–H and O–H groups in total. The first-order valence-electron chi connectivity index (χ1n) is 7.96. The molecule has 4 heteroatoms. The highest BCUT2D eigenvalue weighted by Gasteiger charge is 2.19. The van der Waals surface area contributed by atoms with Crippen molar-refractivity contribution in [3.8, 4) is 0 Å². The molecule has 3 nitrogen and oxygen atoms in total. The van der Waals surface area contributed by atoms with Gasteiger partial charge in [0.15, 0.2) is 5.78 Å². The average Bonchev–Trinajstić information content (AvgIpc) is 2.47. The minimum atomic E-state index is 0. The summed E-state index contributed by atoms with van der Waals surface area (Å²) in [5.74, 6) is 1.05. The van der Waals surface area contributed by atoms with Crippen LogP contribution in [0.2, 0.25) is 0 Å². The van der Waals surface area contributed by atoms with Gasteiger partial charge in [-0.2, -0.15) is 0 Å². The monoisotopic (exact) mass is 325 g/mol. The van der Waals surface area contributed by atoms with Crippen LogP contribution in [0.5, 0.6) is 0 Å². The normalized spacial score (nSPS) is 15.9. The van der Waals surface area contributed by atoms with E-state index in [4.69, 9.17) is 4.74 Å². The molecule has 2 rings (SSSR count). The summed E-state index contributed by atoms with van der Waals surface area (Å²) in [5.41, 5.74) is 3.31. The lowest BCUT2D eigenvalue weighted by Gasteiger charge is -2.26. The van der Waals surface area contributed by atoms with Gasteiger partial charge < -0.3 is 4.74 Å². The fourth-order valence-electron chi connectivity index (χ4n) is 2.73. The summed E-state index contributed by atoms with van der Waals surface area (Å²) >= 11 is 0. The molecule has 1 aliphatic heterocycles. The van der Waals surface area contributed by atoms with Crippen LogP contribution in [-0.2, 0) is 4.74 Å². The first-order valence-corrected chi connectivity index (χ1v) is 7.96. The number of carbonyl (C=O) groups excluding carboxylic acids is 1. The quantitative estimate of drug-likeness (QED) is 0.770. The van der Waals surface area contributed by atoms with Crippen LogP contribution in [0.4, 0.5) is 0 Å². The lowest BCUT2D eigenvalue weighted by molar-refractivity contribution is 0.0371. The number of hydrogen-bond acceptors (Lipinski definition) is 3. The third kappa shape index (κ3) is 4.80. The van der Waals surface area contributed by atoms with Crippen molar-refractivity contribution in [3.63, 3.8) is 0 Å². The number of benzene rings is 1. The molecule has 0 radical (unpaired) electrons. The number of Topliss-reactive ketones (excluding diaryl/α,β-unsaturated/α-hetero) is 1. The minimum Gasteiger partial charge on any atom is -0.379 e. The van der Waals surface area contributed by atoms with E-state index in [-0.39, 0.29) is 18.2 Å². The van der Waals surface area contributed by atoms with E-state index in [1.165, 1.54) is 5.56 Å². The summed E-state index contributed by atoms with van der Waals surface area (Å²) in [7, 11) is 0. The Morgan fingerprint density at radius 1 is 1.14 bits per heavy atom. The molecule has 1 aliphatic rings. The number of hydrogen-bond donors (Lipinski definition) is 0. The van der Waals surface area contributed by atoms with Crippen molar-refractivity contribution in [2.45, 2.75) is 39.5 Å². The smallest absolute Gasteiger partial charge is 0.177 e. The van der Waals surface area contributed by atoms with Gasteiger partial charge in [0.2, 0.25) is 0 Å². The van der Waals surface area contributed by atoms with Crippen LogP contribution in [0.3, 0.4) is 0 Å². The standard InChI is InChI=1S/C18H27NO2.ClH/c1-13(2)15-5-6-16(14(3)4)17(11-15)18(20)12-19-7-9-21-10-8-19;/h5-6,11,13-14H,7-10,12H2,1-4H3;1H. The van der Waals surface area contributed by atoms with E-state index in [0.717, 1.165) is 37.4 Å². The molecule has 0 spiro atoms. The number of rotatable bonds is 5. The summed E-state index contributed by atoms with van der Waals surface area (Å²) in [5, 5.41) is 0. The molecule has 0 aliphatic carbocycles. The van der Waals surface area contributed by atoms with Gasteiger partial charge in [0.25, 0.3) is 0 Å². The summed E-state index contributed by atoms with van der Waals surface area (Å²) in [6.45, 7) is 12.3. The van der Waals surface area contributed by atoms with Gasteiger partial charge in [-0.05, 0) is 29.0 Å². The van der Waals surface area contributed by atoms with Gasteiger partial charge in [-0.25, -0.2) is 0 Å². The highest BCUT2D eigenvalue weighted by molar-refractivity contribution is 5.99. The molecule has 1 aromatic carbocycles. The Labute approximate surface area is 140 Å². The maximum Gasteiger partial charge on any atom is 0.177 e. The van der Waals surface area contributed by atoms with Gasteiger partial charge in [0, 0.05) is 18.7 Å². The van der Waals surface area contributed by atoms with Crippen LogP contribution in [-0.4, -0.2) is 43.5 Å². The number of morpholine rings is 1. The fourth-order valence-corrected chi connectivity index (χ4v) is 2.73. The predicted molar refractivity (Wildman–Crippen MR) is 93.5 cm³/mol. The van der Waals surface area contributed by atoms with Crippen LogP contribution in [0.1, 0.15) is 61.0 Å². The molecule has 0 unspecified atom stereocenters. The number of nitrogens with zero attached hydrogens (tertiary/aromatic N) is 1. The van der Waals surface area contributed by atoms with Crippen molar-refractivity contribution in [1.29, 1.82) is 0 Å². The zero-order chi connectivity index (χ0) is 15.4. The number of ether oxygens (including phenoxy) is 1. The van der Waals surface area contributed by atoms with E-state index < -0.39 is 0 Å². The Bertz CT molecular complexity index is 494. The van der Waals surface area contributed by atoms with E-state index >= 15 is 0 Å². The number of ketones is 1. The maximum atomic E-state index is 12.7. The van der Waals surface area contributed by atoms with E-state index in [2.05, 4.69) is 50.8 Å². The first kappa shape index (κ1) is 19.1. The molecule has 1 aromatic rings. The van der Waals surface area contributed by atoms with Crippen molar-refractivity contribution < 1.29 is 9.53 Å². The van der Waals surface area contributed by atoms with Gasteiger partial charge in [0.1, 0.15) is 0 Å². The zero-order valence-corrected chi connectivity index (χ0v) is 14.9. The molecule has 1 saturated heterocycles. The zero-order valence-electron chi connectivity index (χ0n) is 14.1. The van der Waals surface area contributed by atoms with Crippen molar-refractivity contribution in [2.75, 3.05) is 32.8 Å². The van der Waals surface area contributed by atoms with E-state index in [0.29, 0.717) is 18.4 Å². The Balaban J connectivity index is 0.00000242. The molecule has 0 aromatic heterocycles. The highest BCUT2D eigenvalue weighted by Crippen LogP contribution is 2.25. The second-order valence-electron chi connectivity index (χ2n) is 6.47. The van der Waals surface area contributed by atoms with Crippen LogP contribution < -0.4 is 0 Å². The minimum absolute atomic E-state index is 0. The first-order chi connectivity index (χ1) is 9.99. The Morgan fingerprint density at radius 3 is 2.32 bits per heavy atom. The van der Waals surface area contributed by atoms with Crippen molar-refractivity contribution in [2.24, 2.45) is 0 Å². The third-order valence-electron chi connectivity index (χ3n) is 4.14. The molecule has 0 bridgehead atoms. The fraction of sp³-hybridized carbons (Fsp3) is 0.611. The van der Waals surface area contributed by atoms with Gasteiger partial charge in [-0.3, -0.25) is 9.69 Å². The molecule has 124 valence electrons. The van der Waals surface area contributed by atoms with Gasteiger partial charge in [0.05, 0.1) is 19.8 Å². The van der Waals surface area contributed by atoms with Gasteiger partial charge in [-0.1, -0.05) is 39.8 Å². The molecule has 0 saturated carbocycles. The molecule has 1 heterocycles. The number of halogens is 1. The Hall–Kier alpha value is -0.900. The number of carbonyl (C=O) groups is 1.